The van der Waals surface area contributed by atoms with E-state index in [4.69, 9.17) is 0 Å². The molecule has 92 valence electrons. The molecular formula is C14H18INO. The normalized spacial score (nSPS) is 10.7. The number of hydrogen-bond acceptors (Lipinski definition) is 1. The lowest BCUT2D eigenvalue weighted by atomic mass is 10.2. The van der Waals surface area contributed by atoms with Crippen molar-refractivity contribution >= 4 is 34.2 Å². The minimum atomic E-state index is -0.0530. The van der Waals surface area contributed by atoms with E-state index in [9.17, 15) is 4.79 Å². The second-order valence-corrected chi connectivity index (χ2v) is 5.14. The predicted molar refractivity (Wildman–Crippen MR) is 81.1 cm³/mol. The molecule has 1 amide bonds. The van der Waals surface area contributed by atoms with Gasteiger partial charge in [-0.1, -0.05) is 25.8 Å². The molecule has 1 aromatic carbocycles. The monoisotopic (exact) mass is 343 g/mol. The quantitative estimate of drug-likeness (QED) is 0.464. The molecule has 0 unspecified atom stereocenters. The molecule has 0 saturated heterocycles. The Morgan fingerprint density at radius 2 is 2.00 bits per heavy atom. The molecule has 2 nitrogen and oxygen atoms in total. The van der Waals surface area contributed by atoms with E-state index in [-0.39, 0.29) is 5.91 Å². The van der Waals surface area contributed by atoms with Crippen molar-refractivity contribution < 1.29 is 4.79 Å². The summed E-state index contributed by atoms with van der Waals surface area (Å²) in [4.78, 5) is 11.5. The first-order valence-corrected chi connectivity index (χ1v) is 7.03. The van der Waals surface area contributed by atoms with Crippen molar-refractivity contribution in [3.63, 3.8) is 0 Å². The lowest BCUT2D eigenvalue weighted by Crippen LogP contribution is -2.07. The Morgan fingerprint density at radius 3 is 2.65 bits per heavy atom. The molecule has 0 saturated carbocycles. The average Bonchev–Trinajstić information content (AvgIpc) is 2.32. The molecule has 0 bridgehead atoms. The molecular weight excluding hydrogens is 325 g/mol. The van der Waals surface area contributed by atoms with Crippen LogP contribution >= 0.6 is 22.6 Å². The van der Waals surface area contributed by atoms with Gasteiger partial charge in [-0.05, 0) is 65.8 Å². The van der Waals surface area contributed by atoms with Crippen molar-refractivity contribution in [1.29, 1.82) is 0 Å². The number of benzene rings is 1. The number of nitrogens with one attached hydrogen (secondary N) is 1. The summed E-state index contributed by atoms with van der Waals surface area (Å²) in [5, 5.41) is 2.83. The third-order valence-corrected chi connectivity index (χ3v) is 3.07. The maximum absolute atomic E-state index is 11.5. The van der Waals surface area contributed by atoms with Crippen LogP contribution in [0.1, 0.15) is 32.6 Å². The fourth-order valence-corrected chi connectivity index (χ4v) is 1.78. The van der Waals surface area contributed by atoms with Crippen molar-refractivity contribution in [3.05, 3.63) is 40.0 Å². The topological polar surface area (TPSA) is 29.1 Å². The van der Waals surface area contributed by atoms with E-state index in [0.717, 1.165) is 22.1 Å². The molecule has 3 heteroatoms. The summed E-state index contributed by atoms with van der Waals surface area (Å²) < 4.78 is 1.16. The highest BCUT2D eigenvalue weighted by Gasteiger charge is 1.96. The van der Waals surface area contributed by atoms with Gasteiger partial charge in [0.25, 0.3) is 0 Å². The maximum atomic E-state index is 11.5. The fraction of sp³-hybridized carbons (Fsp3) is 0.357. The second-order valence-electron chi connectivity index (χ2n) is 3.89. The molecule has 0 spiro atoms. The van der Waals surface area contributed by atoms with Crippen LogP contribution in [0.2, 0.25) is 0 Å². The van der Waals surface area contributed by atoms with Gasteiger partial charge >= 0.3 is 0 Å². The van der Waals surface area contributed by atoms with Gasteiger partial charge in [-0.15, -0.1) is 0 Å². The van der Waals surface area contributed by atoms with Gasteiger partial charge in [-0.3, -0.25) is 4.79 Å². The van der Waals surface area contributed by atoms with Crippen LogP contribution in [0.15, 0.2) is 36.4 Å². The van der Waals surface area contributed by atoms with Gasteiger partial charge in [0.15, 0.2) is 0 Å². The molecule has 0 aliphatic rings. The van der Waals surface area contributed by atoms with Crippen LogP contribution in [-0.2, 0) is 4.79 Å². The summed E-state index contributed by atoms with van der Waals surface area (Å²) in [7, 11) is 0. The number of amides is 1. The van der Waals surface area contributed by atoms with Gasteiger partial charge in [-0.25, -0.2) is 0 Å². The highest BCUT2D eigenvalue weighted by atomic mass is 127. The molecule has 0 aliphatic heterocycles. The van der Waals surface area contributed by atoms with Crippen molar-refractivity contribution in [1.82, 2.24) is 0 Å². The molecule has 0 radical (unpaired) electrons. The van der Waals surface area contributed by atoms with Gasteiger partial charge in [0.05, 0.1) is 0 Å². The van der Waals surface area contributed by atoms with E-state index in [1.165, 1.54) is 12.8 Å². The molecule has 17 heavy (non-hydrogen) atoms. The van der Waals surface area contributed by atoms with Crippen molar-refractivity contribution in [2.24, 2.45) is 0 Å². The van der Waals surface area contributed by atoms with Crippen LogP contribution in [0.5, 0.6) is 0 Å². The summed E-state index contributed by atoms with van der Waals surface area (Å²) in [6.45, 7) is 2.17. The SMILES string of the molecule is CCCCCC=CC(=O)Nc1ccc(I)cc1. The zero-order valence-corrected chi connectivity index (χ0v) is 12.2. The van der Waals surface area contributed by atoms with E-state index in [1.807, 2.05) is 30.3 Å². The Bertz CT molecular complexity index is 370. The minimum Gasteiger partial charge on any atom is -0.323 e. The Morgan fingerprint density at radius 1 is 1.29 bits per heavy atom. The lowest BCUT2D eigenvalue weighted by molar-refractivity contribution is -0.111. The average molecular weight is 343 g/mol. The van der Waals surface area contributed by atoms with Crippen LogP contribution < -0.4 is 5.32 Å². The zero-order valence-electron chi connectivity index (χ0n) is 10.1. The van der Waals surface area contributed by atoms with E-state index in [1.54, 1.807) is 6.08 Å². The number of halogens is 1. The minimum absolute atomic E-state index is 0.0530. The number of anilines is 1. The van der Waals surface area contributed by atoms with Gasteiger partial charge < -0.3 is 5.32 Å². The van der Waals surface area contributed by atoms with Gasteiger partial charge in [0, 0.05) is 9.26 Å². The summed E-state index contributed by atoms with van der Waals surface area (Å²) in [5.41, 5.74) is 0.841. The Balaban J connectivity index is 2.31. The third-order valence-electron chi connectivity index (χ3n) is 2.36. The zero-order chi connectivity index (χ0) is 12.5. The molecule has 0 aliphatic carbocycles. The number of rotatable bonds is 6. The fourth-order valence-electron chi connectivity index (χ4n) is 1.42. The molecule has 0 heterocycles. The predicted octanol–water partition coefficient (Wildman–Crippen LogP) is 4.37. The second kappa shape index (κ2) is 8.28. The van der Waals surface area contributed by atoms with Crippen molar-refractivity contribution in [2.45, 2.75) is 32.6 Å². The van der Waals surface area contributed by atoms with Crippen LogP contribution in [-0.4, -0.2) is 5.91 Å². The highest BCUT2D eigenvalue weighted by molar-refractivity contribution is 14.1. The first-order valence-electron chi connectivity index (χ1n) is 5.95. The number of carbonyl (C=O) groups is 1. The molecule has 0 aromatic heterocycles. The third kappa shape index (κ3) is 6.46. The van der Waals surface area contributed by atoms with Gasteiger partial charge in [-0.2, -0.15) is 0 Å². The Hall–Kier alpha value is -0.840. The van der Waals surface area contributed by atoms with Crippen LogP contribution in [0.3, 0.4) is 0 Å². The number of unbranched alkanes of at least 4 members (excludes halogenated alkanes) is 3. The standard InChI is InChI=1S/C14H18INO/c1-2-3-4-5-6-7-14(17)16-13-10-8-12(15)9-11-13/h6-11H,2-5H2,1H3,(H,16,17). The molecule has 0 fully saturated rings. The van der Waals surface area contributed by atoms with E-state index < -0.39 is 0 Å². The summed E-state index contributed by atoms with van der Waals surface area (Å²) in [5.74, 6) is -0.0530. The molecule has 1 rings (SSSR count). The Labute approximate surface area is 117 Å². The van der Waals surface area contributed by atoms with Crippen molar-refractivity contribution in [3.8, 4) is 0 Å². The van der Waals surface area contributed by atoms with Crippen LogP contribution in [0.25, 0.3) is 0 Å². The van der Waals surface area contributed by atoms with E-state index in [2.05, 4.69) is 34.8 Å². The summed E-state index contributed by atoms with van der Waals surface area (Å²) in [6, 6.07) is 7.76. The largest absolute Gasteiger partial charge is 0.323 e. The van der Waals surface area contributed by atoms with E-state index >= 15 is 0 Å². The molecule has 1 N–H and O–H groups in total. The summed E-state index contributed by atoms with van der Waals surface area (Å²) >= 11 is 2.24. The van der Waals surface area contributed by atoms with Crippen LogP contribution in [0, 0.1) is 3.57 Å². The van der Waals surface area contributed by atoms with Crippen molar-refractivity contribution in [2.75, 3.05) is 5.32 Å². The Kier molecular flexibility index (Phi) is 6.93. The van der Waals surface area contributed by atoms with Crippen LogP contribution in [0.4, 0.5) is 5.69 Å². The molecule has 1 aromatic rings. The maximum Gasteiger partial charge on any atom is 0.248 e. The first kappa shape index (κ1) is 14.2. The van der Waals surface area contributed by atoms with Gasteiger partial charge in [0.1, 0.15) is 0 Å². The first-order chi connectivity index (χ1) is 8.22. The summed E-state index contributed by atoms with van der Waals surface area (Å²) in [6.07, 6.45) is 8.13. The lowest BCUT2D eigenvalue weighted by Gasteiger charge is -2.01. The number of hydrogen-bond donors (Lipinski definition) is 1. The number of allylic oxidation sites excluding steroid dienone is 1. The highest BCUT2D eigenvalue weighted by Crippen LogP contribution is 2.11. The van der Waals surface area contributed by atoms with Gasteiger partial charge in [0.2, 0.25) is 5.91 Å². The smallest absolute Gasteiger partial charge is 0.248 e. The molecule has 0 atom stereocenters. The number of carbonyl (C=O) groups excluding carboxylic acids is 1. The van der Waals surface area contributed by atoms with E-state index in [0.29, 0.717) is 0 Å².